The molecule has 0 N–H and O–H groups in total. The highest BCUT2D eigenvalue weighted by molar-refractivity contribution is 5.95. The highest BCUT2D eigenvalue weighted by atomic mass is 15.1. The quantitative estimate of drug-likeness (QED) is 0.166. The summed E-state index contributed by atoms with van der Waals surface area (Å²) in [6, 6.07) is 78.6. The first-order valence-electron chi connectivity index (χ1n) is 29.0. The maximum absolute atomic E-state index is 2.69. The van der Waals surface area contributed by atoms with Crippen LogP contribution in [0.15, 0.2) is 200 Å². The van der Waals surface area contributed by atoms with Crippen LogP contribution in [0.5, 0.6) is 0 Å². The van der Waals surface area contributed by atoms with E-state index in [2.05, 4.69) is 260 Å². The third-order valence-electron chi connectivity index (χ3n) is 20.4. The number of anilines is 3. The second-order valence-corrected chi connectivity index (χ2v) is 26.9. The Kier molecular flexibility index (Phi) is 10.0. The summed E-state index contributed by atoms with van der Waals surface area (Å²) in [5.41, 5.74) is 27.9. The SMILES string of the molecule is CC(C)(C)c1ccc2c(c1)C1(c3ccccc3-c3cc(N(c4ccc(-c5ccccc5-c5ccccc5)cc4)c4cccc5c4C4(c6ccccc6-5)C5CC6CC(C5)CC4C6)ccc31)c1cc(C(C)(C)C)ccc1C2(C)C. The maximum Gasteiger partial charge on any atom is 0.0719 e. The minimum absolute atomic E-state index is 0.0199. The van der Waals surface area contributed by atoms with Gasteiger partial charge in [-0.2, -0.15) is 0 Å². The predicted molar refractivity (Wildman–Crippen MR) is 322 cm³/mol. The molecule has 4 saturated carbocycles. The van der Waals surface area contributed by atoms with E-state index in [0.29, 0.717) is 11.8 Å². The van der Waals surface area contributed by atoms with E-state index in [4.69, 9.17) is 0 Å². The lowest BCUT2D eigenvalue weighted by molar-refractivity contribution is -0.0397. The van der Waals surface area contributed by atoms with Gasteiger partial charge in [0.1, 0.15) is 0 Å². The largest absolute Gasteiger partial charge is 0.310 e. The predicted octanol–water partition coefficient (Wildman–Crippen LogP) is 19.8. The smallest absolute Gasteiger partial charge is 0.0719 e. The third-order valence-corrected chi connectivity index (χ3v) is 20.4. The van der Waals surface area contributed by atoms with Crippen LogP contribution in [0.1, 0.15) is 143 Å². The zero-order valence-electron chi connectivity index (χ0n) is 46.3. The fraction of sp³-hybridized carbons (Fsp3) is 0.289. The van der Waals surface area contributed by atoms with Crippen molar-refractivity contribution >= 4 is 17.1 Å². The number of hydrogen-bond donors (Lipinski definition) is 0. The molecule has 9 aromatic carbocycles. The van der Waals surface area contributed by atoms with Crippen LogP contribution in [-0.2, 0) is 27.1 Å². The first kappa shape index (κ1) is 47.0. The monoisotopic (exact) mass is 998 g/mol. The van der Waals surface area contributed by atoms with Crippen LogP contribution in [0, 0.1) is 23.7 Å². The molecule has 0 heterocycles. The van der Waals surface area contributed by atoms with E-state index in [1.54, 1.807) is 11.1 Å². The van der Waals surface area contributed by atoms with Gasteiger partial charge >= 0.3 is 0 Å². The fourth-order valence-electron chi connectivity index (χ4n) is 17.2. The molecule has 0 radical (unpaired) electrons. The van der Waals surface area contributed by atoms with E-state index in [1.807, 2.05) is 0 Å². The van der Waals surface area contributed by atoms with Crippen molar-refractivity contribution in [1.82, 2.24) is 0 Å². The van der Waals surface area contributed by atoms with Gasteiger partial charge in [0.05, 0.1) is 11.1 Å². The molecule has 16 rings (SSSR count). The summed E-state index contributed by atoms with van der Waals surface area (Å²) in [5, 5.41) is 0. The van der Waals surface area contributed by atoms with Crippen LogP contribution in [0.4, 0.5) is 17.1 Å². The van der Waals surface area contributed by atoms with Gasteiger partial charge in [-0.15, -0.1) is 0 Å². The number of rotatable bonds is 5. The molecule has 1 nitrogen and oxygen atoms in total. The Morgan fingerprint density at radius 3 is 1.42 bits per heavy atom. The van der Waals surface area contributed by atoms with Gasteiger partial charge in [-0.25, -0.2) is 0 Å². The molecular formula is C76H71N. The maximum atomic E-state index is 2.69. The lowest BCUT2D eigenvalue weighted by atomic mass is 9.43. The second-order valence-electron chi connectivity index (χ2n) is 26.9. The molecule has 0 aliphatic heterocycles. The Morgan fingerprint density at radius 1 is 0.364 bits per heavy atom. The molecule has 7 aliphatic rings. The zero-order chi connectivity index (χ0) is 52.4. The van der Waals surface area contributed by atoms with Gasteiger partial charge in [0.25, 0.3) is 0 Å². The molecule has 4 bridgehead atoms. The minimum atomic E-state index is -0.522. The lowest BCUT2D eigenvalue weighted by Gasteiger charge is -2.61. The summed E-state index contributed by atoms with van der Waals surface area (Å²) in [7, 11) is 0. The van der Waals surface area contributed by atoms with Crippen molar-refractivity contribution in [3.05, 3.63) is 256 Å². The number of benzene rings is 9. The molecule has 1 heteroatoms. The average molecular weight is 998 g/mol. The van der Waals surface area contributed by atoms with Crippen LogP contribution >= 0.6 is 0 Å². The summed E-state index contributed by atoms with van der Waals surface area (Å²) in [4.78, 5) is 2.69. The molecular weight excluding hydrogens is 927 g/mol. The molecule has 9 aromatic rings. The highest BCUT2D eigenvalue weighted by Gasteiger charge is 2.63. The van der Waals surface area contributed by atoms with E-state index in [-0.39, 0.29) is 21.7 Å². The molecule has 0 aromatic heterocycles. The van der Waals surface area contributed by atoms with Crippen molar-refractivity contribution in [3.63, 3.8) is 0 Å². The zero-order valence-corrected chi connectivity index (χ0v) is 46.3. The van der Waals surface area contributed by atoms with Crippen molar-refractivity contribution in [2.75, 3.05) is 4.90 Å². The molecule has 0 unspecified atom stereocenters. The molecule has 4 fully saturated rings. The summed E-state index contributed by atoms with van der Waals surface area (Å²) in [6.07, 6.45) is 6.81. The Balaban J connectivity index is 0.993. The van der Waals surface area contributed by atoms with Crippen LogP contribution in [0.2, 0.25) is 0 Å². The molecule has 0 amide bonds. The normalized spacial score (nSPS) is 22.3. The van der Waals surface area contributed by atoms with E-state index in [1.165, 1.54) is 138 Å². The topological polar surface area (TPSA) is 3.24 Å². The standard InChI is InChI=1S/C76H71N/c1-72(2,3)51-31-36-66-68(44-51)76(69-45-52(73(4,5)6)32-37-67(69)74(66,7)8)64-27-17-15-24-60(64)62-46-56(35-38-65(62)76)77(55-33-29-50(30-34-55)58-22-13-12-21-57(58)49-19-10-9-11-20-49)70-28-18-25-61-59-23-14-16-26-63(59)75(71(61)70)53-40-47-39-48(42-53)43-54(75)41-47/h9-38,44-48,53-54H,39-43H2,1-8H3. The van der Waals surface area contributed by atoms with Gasteiger partial charge in [-0.1, -0.05) is 225 Å². The van der Waals surface area contributed by atoms with Crippen LogP contribution < -0.4 is 4.90 Å². The summed E-state index contributed by atoms with van der Waals surface area (Å²) >= 11 is 0. The summed E-state index contributed by atoms with van der Waals surface area (Å²) in [5.74, 6) is 2.99. The number of fused-ring (bicyclic) bond motifs is 12. The van der Waals surface area contributed by atoms with E-state index >= 15 is 0 Å². The van der Waals surface area contributed by atoms with Crippen LogP contribution in [0.25, 0.3) is 44.5 Å². The van der Waals surface area contributed by atoms with Crippen molar-refractivity contribution in [3.8, 4) is 44.5 Å². The molecule has 0 atom stereocenters. The Hall–Kier alpha value is -7.22. The second kappa shape index (κ2) is 16.4. The van der Waals surface area contributed by atoms with E-state index < -0.39 is 5.41 Å². The van der Waals surface area contributed by atoms with Gasteiger partial charge in [-0.05, 0) is 197 Å². The van der Waals surface area contributed by atoms with Gasteiger partial charge in [0, 0.05) is 22.2 Å². The van der Waals surface area contributed by atoms with E-state index in [0.717, 1.165) is 11.8 Å². The van der Waals surface area contributed by atoms with Crippen molar-refractivity contribution in [2.24, 2.45) is 23.7 Å². The van der Waals surface area contributed by atoms with Gasteiger partial charge in [0.15, 0.2) is 0 Å². The first-order chi connectivity index (χ1) is 37.2. The molecule has 0 saturated heterocycles. The molecule has 7 aliphatic carbocycles. The Labute approximate surface area is 458 Å². The first-order valence-corrected chi connectivity index (χ1v) is 29.0. The number of hydrogen-bond acceptors (Lipinski definition) is 1. The Morgan fingerprint density at radius 2 is 0.831 bits per heavy atom. The van der Waals surface area contributed by atoms with Gasteiger partial charge < -0.3 is 4.90 Å². The van der Waals surface area contributed by atoms with Crippen molar-refractivity contribution < 1.29 is 0 Å². The van der Waals surface area contributed by atoms with Crippen LogP contribution in [-0.4, -0.2) is 0 Å². The molecule has 2 spiro atoms. The molecule has 380 valence electrons. The van der Waals surface area contributed by atoms with E-state index in [9.17, 15) is 0 Å². The highest BCUT2D eigenvalue weighted by Crippen LogP contribution is 2.71. The summed E-state index contributed by atoms with van der Waals surface area (Å²) in [6.45, 7) is 19.2. The third kappa shape index (κ3) is 6.53. The lowest BCUT2D eigenvalue weighted by Crippen LogP contribution is -2.55. The minimum Gasteiger partial charge on any atom is -0.310 e. The Bertz CT molecular complexity index is 3770. The summed E-state index contributed by atoms with van der Waals surface area (Å²) < 4.78 is 0. The van der Waals surface area contributed by atoms with Crippen LogP contribution in [0.3, 0.4) is 0 Å². The fourth-order valence-corrected chi connectivity index (χ4v) is 17.2. The number of nitrogens with zero attached hydrogens (tertiary/aromatic N) is 1. The van der Waals surface area contributed by atoms with Gasteiger partial charge in [0.2, 0.25) is 0 Å². The van der Waals surface area contributed by atoms with Gasteiger partial charge in [-0.3, -0.25) is 0 Å². The van der Waals surface area contributed by atoms with Crippen molar-refractivity contribution in [2.45, 2.75) is 115 Å². The average Bonchev–Trinajstić information content (AvgIpc) is 4.13. The van der Waals surface area contributed by atoms with Crippen molar-refractivity contribution in [1.29, 1.82) is 0 Å². The molecule has 77 heavy (non-hydrogen) atoms.